The lowest BCUT2D eigenvalue weighted by molar-refractivity contribution is -0.142. The van der Waals surface area contributed by atoms with Crippen LogP contribution in [0.2, 0.25) is 0 Å². The number of carbonyl (C=O) groups is 1. The van der Waals surface area contributed by atoms with E-state index in [4.69, 9.17) is 11.2 Å². The van der Waals surface area contributed by atoms with E-state index in [1.54, 1.807) is 6.08 Å². The van der Waals surface area contributed by atoms with Gasteiger partial charge in [0.25, 0.3) is 0 Å². The molecule has 0 aromatic heterocycles. The Labute approximate surface area is 162 Å². The lowest BCUT2D eigenvalue weighted by atomic mass is 10.1. The molecule has 0 aliphatic heterocycles. The minimum atomic E-state index is -0.516. The summed E-state index contributed by atoms with van der Waals surface area (Å²) in [5.74, 6) is 2.12. The van der Waals surface area contributed by atoms with E-state index < -0.39 is 6.10 Å². The molecule has 0 bridgehead atoms. The van der Waals surface area contributed by atoms with Crippen LogP contribution in [-0.2, 0) is 9.53 Å². The second-order valence-electron chi connectivity index (χ2n) is 7.00. The van der Waals surface area contributed by atoms with E-state index in [1.807, 2.05) is 6.08 Å². The normalized spacial score (nSPS) is 12.5. The summed E-state index contributed by atoms with van der Waals surface area (Å²) in [7, 11) is 0. The Morgan fingerprint density at radius 2 is 1.31 bits per heavy atom. The van der Waals surface area contributed by atoms with Gasteiger partial charge in [-0.15, -0.1) is 6.42 Å². The van der Waals surface area contributed by atoms with Crippen molar-refractivity contribution >= 4 is 5.97 Å². The van der Waals surface area contributed by atoms with Gasteiger partial charge in [0.05, 0.1) is 0 Å². The number of hydrogen-bond acceptors (Lipinski definition) is 2. The van der Waals surface area contributed by atoms with Crippen molar-refractivity contribution in [3.8, 4) is 12.3 Å². The van der Waals surface area contributed by atoms with Crippen LogP contribution in [0.4, 0.5) is 0 Å². The zero-order valence-electron chi connectivity index (χ0n) is 17.2. The monoisotopic (exact) mass is 360 g/mol. The molecule has 26 heavy (non-hydrogen) atoms. The van der Waals surface area contributed by atoms with Gasteiger partial charge in [-0.3, -0.25) is 4.79 Å². The van der Waals surface area contributed by atoms with Crippen molar-refractivity contribution in [2.45, 2.75) is 110 Å². The summed E-state index contributed by atoms with van der Waals surface area (Å²) in [5.41, 5.74) is 0. The molecule has 148 valence electrons. The third-order valence-electron chi connectivity index (χ3n) is 4.40. The first-order chi connectivity index (χ1) is 12.7. The summed E-state index contributed by atoms with van der Waals surface area (Å²) in [6.07, 6.45) is 31.4. The second kappa shape index (κ2) is 19.8. The lowest BCUT2D eigenvalue weighted by Gasteiger charge is -2.05. The standard InChI is InChI=1S/C24H40O2/c1-4-6-7-8-9-10-11-12-13-14-15-16-17-18-19-20-21-22-24(5-2)26-23(3)25/h2,10-11,21-22,24H,4,6-9,12-20H2,1,3H3/b11-10+,22-21+/t24-/m0/s1. The topological polar surface area (TPSA) is 26.3 Å². The van der Waals surface area contributed by atoms with E-state index >= 15 is 0 Å². The van der Waals surface area contributed by atoms with Gasteiger partial charge in [-0.2, -0.15) is 0 Å². The SMILES string of the molecule is C#C[C@@H](/C=C/CCCCCCCCC/C=C/CCCCCC)OC(C)=O. The highest BCUT2D eigenvalue weighted by molar-refractivity contribution is 5.66. The fourth-order valence-corrected chi connectivity index (χ4v) is 2.86. The number of rotatable bonds is 17. The van der Waals surface area contributed by atoms with Crippen LogP contribution in [0.5, 0.6) is 0 Å². The van der Waals surface area contributed by atoms with Crippen LogP contribution in [0.25, 0.3) is 0 Å². The molecule has 0 spiro atoms. The lowest BCUT2D eigenvalue weighted by Crippen LogP contribution is -2.10. The first-order valence-corrected chi connectivity index (χ1v) is 10.7. The van der Waals surface area contributed by atoms with E-state index in [-0.39, 0.29) is 5.97 Å². The fraction of sp³-hybridized carbons (Fsp3) is 0.708. The molecule has 0 aromatic rings. The summed E-state index contributed by atoms with van der Waals surface area (Å²) in [6.45, 7) is 3.64. The van der Waals surface area contributed by atoms with Crippen LogP contribution in [0.15, 0.2) is 24.3 Å². The quantitative estimate of drug-likeness (QED) is 0.119. The zero-order chi connectivity index (χ0) is 19.3. The van der Waals surface area contributed by atoms with Crippen LogP contribution in [0.3, 0.4) is 0 Å². The molecule has 2 nitrogen and oxygen atoms in total. The number of carbonyl (C=O) groups excluding carboxylic acids is 1. The van der Waals surface area contributed by atoms with E-state index in [0.29, 0.717) is 0 Å². The van der Waals surface area contributed by atoms with Crippen molar-refractivity contribution in [1.82, 2.24) is 0 Å². The highest BCUT2D eigenvalue weighted by atomic mass is 16.5. The molecule has 0 aliphatic rings. The molecule has 0 rings (SSSR count). The summed E-state index contributed by atoms with van der Waals surface area (Å²) < 4.78 is 4.96. The average molecular weight is 361 g/mol. The smallest absolute Gasteiger partial charge is 0.304 e. The molecule has 0 heterocycles. The molecule has 0 saturated carbocycles. The highest BCUT2D eigenvalue weighted by Gasteiger charge is 2.02. The molecule has 0 unspecified atom stereocenters. The van der Waals surface area contributed by atoms with Crippen molar-refractivity contribution in [2.24, 2.45) is 0 Å². The number of unbranched alkanes of at least 4 members (excludes halogenated alkanes) is 12. The number of terminal acetylenes is 1. The summed E-state index contributed by atoms with van der Waals surface area (Å²) in [4.78, 5) is 10.8. The number of hydrogen-bond donors (Lipinski definition) is 0. The first kappa shape index (κ1) is 24.5. The second-order valence-corrected chi connectivity index (χ2v) is 7.00. The van der Waals surface area contributed by atoms with Gasteiger partial charge >= 0.3 is 5.97 Å². The number of esters is 1. The molecular weight excluding hydrogens is 320 g/mol. The molecule has 1 atom stereocenters. The molecule has 0 aliphatic carbocycles. The Bertz CT molecular complexity index is 414. The van der Waals surface area contributed by atoms with Gasteiger partial charge in [0.2, 0.25) is 0 Å². The van der Waals surface area contributed by atoms with Gasteiger partial charge in [-0.05, 0) is 44.6 Å². The minimum Gasteiger partial charge on any atom is -0.445 e. The Balaban J connectivity index is 3.32. The van der Waals surface area contributed by atoms with Crippen molar-refractivity contribution < 1.29 is 9.53 Å². The van der Waals surface area contributed by atoms with Crippen LogP contribution in [0.1, 0.15) is 104 Å². The molecular formula is C24H40O2. The maximum Gasteiger partial charge on any atom is 0.304 e. The third-order valence-corrected chi connectivity index (χ3v) is 4.40. The maximum absolute atomic E-state index is 10.8. The molecule has 0 fully saturated rings. The fourth-order valence-electron chi connectivity index (χ4n) is 2.86. The molecule has 0 N–H and O–H groups in total. The van der Waals surface area contributed by atoms with Gasteiger partial charge in [-0.1, -0.05) is 82.4 Å². The van der Waals surface area contributed by atoms with E-state index in [1.165, 1.54) is 90.4 Å². The van der Waals surface area contributed by atoms with Gasteiger partial charge in [0, 0.05) is 6.92 Å². The Morgan fingerprint density at radius 1 is 0.846 bits per heavy atom. The Kier molecular flexibility index (Phi) is 18.7. The molecule has 0 radical (unpaired) electrons. The molecule has 2 heteroatoms. The largest absolute Gasteiger partial charge is 0.445 e. The summed E-state index contributed by atoms with van der Waals surface area (Å²) in [6, 6.07) is 0. The minimum absolute atomic E-state index is 0.333. The average Bonchev–Trinajstić information content (AvgIpc) is 2.63. The Morgan fingerprint density at radius 3 is 1.77 bits per heavy atom. The predicted molar refractivity (Wildman–Crippen MR) is 113 cm³/mol. The Hall–Kier alpha value is -1.49. The predicted octanol–water partition coefficient (Wildman–Crippen LogP) is 7.15. The van der Waals surface area contributed by atoms with Crippen molar-refractivity contribution in [3.63, 3.8) is 0 Å². The van der Waals surface area contributed by atoms with E-state index in [0.717, 1.165) is 6.42 Å². The summed E-state index contributed by atoms with van der Waals surface area (Å²) >= 11 is 0. The van der Waals surface area contributed by atoms with Crippen LogP contribution in [-0.4, -0.2) is 12.1 Å². The van der Waals surface area contributed by atoms with Gasteiger partial charge in [0.15, 0.2) is 6.10 Å². The van der Waals surface area contributed by atoms with Crippen molar-refractivity contribution in [1.29, 1.82) is 0 Å². The van der Waals surface area contributed by atoms with Crippen molar-refractivity contribution in [2.75, 3.05) is 0 Å². The number of ether oxygens (including phenoxy) is 1. The van der Waals surface area contributed by atoms with Gasteiger partial charge in [-0.25, -0.2) is 0 Å². The van der Waals surface area contributed by atoms with Crippen molar-refractivity contribution in [3.05, 3.63) is 24.3 Å². The molecule has 0 saturated heterocycles. The third kappa shape index (κ3) is 18.8. The highest BCUT2D eigenvalue weighted by Crippen LogP contribution is 2.11. The van der Waals surface area contributed by atoms with E-state index in [9.17, 15) is 4.79 Å². The maximum atomic E-state index is 10.8. The van der Waals surface area contributed by atoms with Crippen LogP contribution >= 0.6 is 0 Å². The molecule has 0 amide bonds. The van der Waals surface area contributed by atoms with E-state index in [2.05, 4.69) is 25.0 Å². The van der Waals surface area contributed by atoms with Gasteiger partial charge < -0.3 is 4.74 Å². The first-order valence-electron chi connectivity index (χ1n) is 10.7. The number of allylic oxidation sites excluding steroid dienone is 3. The molecule has 0 aromatic carbocycles. The van der Waals surface area contributed by atoms with Gasteiger partial charge in [0.1, 0.15) is 0 Å². The van der Waals surface area contributed by atoms with Crippen LogP contribution < -0.4 is 0 Å². The summed E-state index contributed by atoms with van der Waals surface area (Å²) in [5, 5.41) is 0. The zero-order valence-corrected chi connectivity index (χ0v) is 17.2. The van der Waals surface area contributed by atoms with Crippen LogP contribution in [0, 0.1) is 12.3 Å².